The number of halogens is 1. The second-order valence-electron chi connectivity index (χ2n) is 5.21. The van der Waals surface area contributed by atoms with Crippen LogP contribution in [-0.2, 0) is 16.1 Å². The fraction of sp³-hybridized carbons (Fsp3) is 0.105. The topological polar surface area (TPSA) is 72.2 Å². The first kappa shape index (κ1) is 17.9. The average molecular weight is 385 g/mol. The van der Waals surface area contributed by atoms with Crippen LogP contribution in [0.25, 0.3) is 10.6 Å². The van der Waals surface area contributed by atoms with Crippen LogP contribution in [0, 0.1) is 11.3 Å². The zero-order valence-electron chi connectivity index (χ0n) is 13.5. The summed E-state index contributed by atoms with van der Waals surface area (Å²) in [6, 6.07) is 15.9. The molecule has 0 saturated heterocycles. The fourth-order valence-electron chi connectivity index (χ4n) is 2.10. The Morgan fingerprint density at radius 3 is 2.69 bits per heavy atom. The van der Waals surface area contributed by atoms with Crippen molar-refractivity contribution in [3.05, 3.63) is 70.2 Å². The first-order chi connectivity index (χ1) is 12.7. The Kier molecular flexibility index (Phi) is 5.84. The van der Waals surface area contributed by atoms with Gasteiger partial charge in [0.2, 0.25) is 0 Å². The van der Waals surface area contributed by atoms with Gasteiger partial charge in [-0.25, -0.2) is 9.78 Å². The summed E-state index contributed by atoms with van der Waals surface area (Å²) >= 11 is 7.60. The van der Waals surface area contributed by atoms with Gasteiger partial charge in [0.1, 0.15) is 17.4 Å². The summed E-state index contributed by atoms with van der Waals surface area (Å²) in [5, 5.41) is 12.0. The van der Waals surface area contributed by atoms with E-state index in [9.17, 15) is 4.79 Å². The summed E-state index contributed by atoms with van der Waals surface area (Å²) in [5.74, 6) is -0.00253. The lowest BCUT2D eigenvalue weighted by Gasteiger charge is -2.06. The number of hydrogen-bond donors (Lipinski definition) is 0. The molecule has 5 nitrogen and oxygen atoms in total. The van der Waals surface area contributed by atoms with Gasteiger partial charge in [-0.2, -0.15) is 5.26 Å². The predicted octanol–water partition coefficient (Wildman–Crippen LogP) is 4.46. The number of carbonyl (C=O) groups excluding carboxylic acids is 1. The highest BCUT2D eigenvalue weighted by Crippen LogP contribution is 2.30. The third kappa shape index (κ3) is 4.60. The van der Waals surface area contributed by atoms with E-state index in [1.54, 1.807) is 30.3 Å². The van der Waals surface area contributed by atoms with Crippen LogP contribution in [0.3, 0.4) is 0 Å². The quantitative estimate of drug-likeness (QED) is 0.587. The molecule has 0 unspecified atom stereocenters. The standard InChI is InChI=1S/C19H13ClN2O3S/c20-17-4-2-1-3-16(17)19-22-14(12-26-19)10-25-18(23)11-24-15-7-5-13(9-21)6-8-15/h1-8,12H,10-11H2. The van der Waals surface area contributed by atoms with Gasteiger partial charge in [0.15, 0.2) is 6.61 Å². The lowest BCUT2D eigenvalue weighted by Crippen LogP contribution is -2.14. The van der Waals surface area contributed by atoms with Gasteiger partial charge in [-0.05, 0) is 30.3 Å². The molecule has 0 bridgehead atoms. The molecule has 0 saturated carbocycles. The van der Waals surface area contributed by atoms with Crippen LogP contribution in [0.5, 0.6) is 5.75 Å². The molecular formula is C19H13ClN2O3S. The molecule has 0 fully saturated rings. The number of esters is 1. The number of benzene rings is 2. The largest absolute Gasteiger partial charge is 0.482 e. The zero-order chi connectivity index (χ0) is 18.4. The highest BCUT2D eigenvalue weighted by Gasteiger charge is 2.10. The van der Waals surface area contributed by atoms with Crippen LogP contribution in [0.1, 0.15) is 11.3 Å². The van der Waals surface area contributed by atoms with E-state index in [4.69, 9.17) is 26.3 Å². The molecule has 0 amide bonds. The molecule has 0 aliphatic rings. The summed E-state index contributed by atoms with van der Waals surface area (Å²) in [4.78, 5) is 16.2. The van der Waals surface area contributed by atoms with Gasteiger partial charge in [0, 0.05) is 10.9 Å². The molecule has 26 heavy (non-hydrogen) atoms. The zero-order valence-corrected chi connectivity index (χ0v) is 15.1. The lowest BCUT2D eigenvalue weighted by atomic mass is 10.2. The smallest absolute Gasteiger partial charge is 0.344 e. The second kappa shape index (κ2) is 8.48. The Morgan fingerprint density at radius 2 is 1.96 bits per heavy atom. The maximum absolute atomic E-state index is 11.8. The summed E-state index contributed by atoms with van der Waals surface area (Å²) in [6.07, 6.45) is 0. The van der Waals surface area contributed by atoms with Crippen molar-refractivity contribution >= 4 is 28.9 Å². The van der Waals surface area contributed by atoms with Crippen molar-refractivity contribution in [2.75, 3.05) is 6.61 Å². The minimum atomic E-state index is -0.498. The molecule has 0 spiro atoms. The molecule has 1 aromatic heterocycles. The molecule has 0 aliphatic heterocycles. The number of aromatic nitrogens is 1. The van der Waals surface area contributed by atoms with Crippen molar-refractivity contribution in [3.63, 3.8) is 0 Å². The molecule has 7 heteroatoms. The minimum absolute atomic E-state index is 0.0660. The van der Waals surface area contributed by atoms with Gasteiger partial charge >= 0.3 is 5.97 Å². The molecule has 2 aromatic carbocycles. The minimum Gasteiger partial charge on any atom is -0.482 e. The number of carbonyl (C=O) groups is 1. The highest BCUT2D eigenvalue weighted by atomic mass is 35.5. The first-order valence-corrected chi connectivity index (χ1v) is 8.89. The van der Waals surface area contributed by atoms with Crippen LogP contribution in [0.2, 0.25) is 5.02 Å². The van der Waals surface area contributed by atoms with Crippen LogP contribution in [0.15, 0.2) is 53.9 Å². The van der Waals surface area contributed by atoms with Crippen molar-refractivity contribution in [1.29, 1.82) is 5.26 Å². The van der Waals surface area contributed by atoms with E-state index in [0.717, 1.165) is 10.6 Å². The summed E-state index contributed by atoms with van der Waals surface area (Å²) in [5.41, 5.74) is 2.02. The molecule has 0 atom stereocenters. The average Bonchev–Trinajstić information content (AvgIpc) is 3.14. The van der Waals surface area contributed by atoms with Crippen molar-refractivity contribution in [3.8, 4) is 22.4 Å². The number of hydrogen-bond acceptors (Lipinski definition) is 6. The Morgan fingerprint density at radius 1 is 1.19 bits per heavy atom. The molecule has 0 N–H and O–H groups in total. The van der Waals surface area contributed by atoms with Gasteiger partial charge < -0.3 is 9.47 Å². The van der Waals surface area contributed by atoms with E-state index in [-0.39, 0.29) is 13.2 Å². The van der Waals surface area contributed by atoms with E-state index in [1.807, 2.05) is 29.6 Å². The molecule has 0 radical (unpaired) electrons. The Hall–Kier alpha value is -2.88. The Bertz CT molecular complexity index is 948. The Labute approximate surface area is 159 Å². The monoisotopic (exact) mass is 384 g/mol. The van der Waals surface area contributed by atoms with Crippen LogP contribution in [0.4, 0.5) is 0 Å². The summed E-state index contributed by atoms with van der Waals surface area (Å²) in [7, 11) is 0. The third-order valence-corrected chi connectivity index (χ3v) is 4.63. The van der Waals surface area contributed by atoms with Gasteiger partial charge in [0.05, 0.1) is 22.3 Å². The van der Waals surface area contributed by atoms with Gasteiger partial charge in [0.25, 0.3) is 0 Å². The third-order valence-electron chi connectivity index (χ3n) is 3.38. The molecule has 1 heterocycles. The van der Waals surface area contributed by atoms with Crippen LogP contribution >= 0.6 is 22.9 Å². The molecular weight excluding hydrogens is 372 g/mol. The first-order valence-electron chi connectivity index (χ1n) is 7.63. The molecule has 130 valence electrons. The van der Waals surface area contributed by atoms with Crippen LogP contribution < -0.4 is 4.74 Å². The maximum atomic E-state index is 11.8. The van der Waals surface area contributed by atoms with Gasteiger partial charge in [-0.1, -0.05) is 29.8 Å². The second-order valence-corrected chi connectivity index (χ2v) is 6.47. The number of thiazole rings is 1. The number of nitrogens with zero attached hydrogens (tertiary/aromatic N) is 2. The number of ether oxygens (including phenoxy) is 2. The Balaban J connectivity index is 1.50. The van der Waals surface area contributed by atoms with Crippen molar-refractivity contribution in [2.45, 2.75) is 6.61 Å². The lowest BCUT2D eigenvalue weighted by molar-refractivity contribution is -0.147. The normalized spacial score (nSPS) is 10.2. The molecule has 0 aliphatic carbocycles. The van der Waals surface area contributed by atoms with Gasteiger partial charge in [-0.15, -0.1) is 11.3 Å². The summed E-state index contributed by atoms with van der Waals surface area (Å²) in [6.45, 7) is -0.149. The SMILES string of the molecule is N#Cc1ccc(OCC(=O)OCc2csc(-c3ccccc3Cl)n2)cc1. The van der Waals surface area contributed by atoms with Crippen molar-refractivity contribution in [2.24, 2.45) is 0 Å². The van der Waals surface area contributed by atoms with Crippen LogP contribution in [-0.4, -0.2) is 17.6 Å². The highest BCUT2D eigenvalue weighted by molar-refractivity contribution is 7.13. The summed E-state index contributed by atoms with van der Waals surface area (Å²) < 4.78 is 10.5. The van der Waals surface area contributed by atoms with E-state index in [1.165, 1.54) is 11.3 Å². The van der Waals surface area contributed by atoms with Crippen molar-refractivity contribution < 1.29 is 14.3 Å². The molecule has 3 rings (SSSR count). The van der Waals surface area contributed by atoms with E-state index >= 15 is 0 Å². The van der Waals surface area contributed by atoms with E-state index in [2.05, 4.69) is 4.98 Å². The predicted molar refractivity (Wildman–Crippen MR) is 99.0 cm³/mol. The maximum Gasteiger partial charge on any atom is 0.344 e. The van der Waals surface area contributed by atoms with Crippen molar-refractivity contribution in [1.82, 2.24) is 4.98 Å². The number of nitriles is 1. The molecule has 3 aromatic rings. The fourth-order valence-corrected chi connectivity index (χ4v) is 3.22. The number of rotatable bonds is 6. The van der Waals surface area contributed by atoms with E-state index in [0.29, 0.717) is 22.0 Å². The van der Waals surface area contributed by atoms with Gasteiger partial charge in [-0.3, -0.25) is 0 Å². The van der Waals surface area contributed by atoms with E-state index < -0.39 is 5.97 Å².